The van der Waals surface area contributed by atoms with Gasteiger partial charge in [0, 0.05) is 18.6 Å². The van der Waals surface area contributed by atoms with Crippen LogP contribution >= 0.6 is 0 Å². The van der Waals surface area contributed by atoms with Gasteiger partial charge in [-0.15, -0.1) is 0 Å². The summed E-state index contributed by atoms with van der Waals surface area (Å²) in [5.41, 5.74) is 2.66. The average molecular weight is 429 g/mol. The van der Waals surface area contributed by atoms with Crippen molar-refractivity contribution in [1.82, 2.24) is 0 Å². The van der Waals surface area contributed by atoms with Crippen LogP contribution < -0.4 is 0 Å². The normalized spacial score (nSPS) is 13.4. The Bertz CT molecular complexity index is 783. The van der Waals surface area contributed by atoms with E-state index in [1.54, 1.807) is 38.1 Å². The second-order valence-electron chi connectivity index (χ2n) is 7.64. The Balaban J connectivity index is 2.10. The van der Waals surface area contributed by atoms with Gasteiger partial charge in [0.25, 0.3) is 0 Å². The maximum atomic E-state index is 12.2. The summed E-state index contributed by atoms with van der Waals surface area (Å²) in [6, 6.07) is 14.6. The Morgan fingerprint density at radius 1 is 0.710 bits per heavy atom. The maximum Gasteiger partial charge on any atom is 0.340 e. The molecule has 2 aromatic carbocycles. The predicted octanol–water partition coefficient (Wildman–Crippen LogP) is 5.09. The van der Waals surface area contributed by atoms with E-state index >= 15 is 0 Å². The molecule has 6 heteroatoms. The standard InChI is InChI=1S/C25H32O6/c1-7-28-17(3)30-23(26)19-9-13-21(14-10-19)25(5,6)22-15-11-20(12-16-22)24(27)31-18(4)29-8-2/h9-18H,7-8H2,1-6H3. The average Bonchev–Trinajstić information content (AvgIpc) is 2.74. The minimum Gasteiger partial charge on any atom is -0.432 e. The molecule has 0 aliphatic carbocycles. The van der Waals surface area contributed by atoms with E-state index in [1.165, 1.54) is 0 Å². The second kappa shape index (κ2) is 11.1. The largest absolute Gasteiger partial charge is 0.432 e. The molecule has 0 N–H and O–H groups in total. The lowest BCUT2D eigenvalue weighted by atomic mass is 9.78. The van der Waals surface area contributed by atoms with Gasteiger partial charge in [-0.05, 0) is 63.1 Å². The first-order valence-electron chi connectivity index (χ1n) is 10.5. The van der Waals surface area contributed by atoms with Crippen molar-refractivity contribution in [2.24, 2.45) is 0 Å². The zero-order valence-electron chi connectivity index (χ0n) is 19.1. The Hall–Kier alpha value is -2.70. The van der Waals surface area contributed by atoms with Gasteiger partial charge in [-0.3, -0.25) is 0 Å². The molecule has 0 heterocycles. The van der Waals surface area contributed by atoms with Gasteiger partial charge in [-0.2, -0.15) is 0 Å². The summed E-state index contributed by atoms with van der Waals surface area (Å²) in [6.07, 6.45) is -1.18. The Morgan fingerprint density at radius 2 is 1.03 bits per heavy atom. The zero-order valence-corrected chi connectivity index (χ0v) is 19.1. The molecule has 0 aromatic heterocycles. The summed E-state index contributed by atoms with van der Waals surface area (Å²) in [5.74, 6) is -0.844. The topological polar surface area (TPSA) is 71.1 Å². The van der Waals surface area contributed by atoms with Gasteiger partial charge in [0.05, 0.1) is 11.1 Å². The fourth-order valence-electron chi connectivity index (χ4n) is 3.19. The number of benzene rings is 2. The third-order valence-electron chi connectivity index (χ3n) is 5.03. The summed E-state index contributed by atoms with van der Waals surface area (Å²) in [5, 5.41) is 0. The van der Waals surface area contributed by atoms with Crippen molar-refractivity contribution in [3.05, 3.63) is 70.8 Å². The maximum absolute atomic E-state index is 12.2. The van der Waals surface area contributed by atoms with Crippen LogP contribution in [0, 0.1) is 0 Å². The van der Waals surface area contributed by atoms with Gasteiger partial charge in [-0.1, -0.05) is 38.1 Å². The van der Waals surface area contributed by atoms with Crippen LogP contribution in [0.2, 0.25) is 0 Å². The lowest BCUT2D eigenvalue weighted by Gasteiger charge is -2.26. The highest BCUT2D eigenvalue weighted by molar-refractivity contribution is 5.90. The van der Waals surface area contributed by atoms with Crippen LogP contribution in [0.4, 0.5) is 0 Å². The van der Waals surface area contributed by atoms with Crippen molar-refractivity contribution in [2.75, 3.05) is 13.2 Å². The van der Waals surface area contributed by atoms with Crippen LogP contribution in [0.25, 0.3) is 0 Å². The third-order valence-corrected chi connectivity index (χ3v) is 5.03. The van der Waals surface area contributed by atoms with Gasteiger partial charge in [-0.25, -0.2) is 9.59 Å². The molecule has 0 amide bonds. The lowest BCUT2D eigenvalue weighted by Crippen LogP contribution is -2.21. The third kappa shape index (κ3) is 6.64. The molecule has 0 saturated carbocycles. The molecule has 168 valence electrons. The van der Waals surface area contributed by atoms with Crippen LogP contribution in [-0.2, 0) is 24.4 Å². The number of hydrogen-bond acceptors (Lipinski definition) is 6. The van der Waals surface area contributed by atoms with Gasteiger partial charge in [0.2, 0.25) is 0 Å². The number of hydrogen-bond donors (Lipinski definition) is 0. The number of carbonyl (C=O) groups is 2. The van der Waals surface area contributed by atoms with Crippen LogP contribution in [-0.4, -0.2) is 37.7 Å². The number of rotatable bonds is 10. The molecule has 2 unspecified atom stereocenters. The molecule has 2 aromatic rings. The highest BCUT2D eigenvalue weighted by Crippen LogP contribution is 2.32. The minimum absolute atomic E-state index is 0.331. The Kier molecular flexibility index (Phi) is 8.77. The molecule has 6 nitrogen and oxygen atoms in total. The van der Waals surface area contributed by atoms with Crippen molar-refractivity contribution >= 4 is 11.9 Å². The molecule has 0 aliphatic heterocycles. The van der Waals surface area contributed by atoms with Crippen molar-refractivity contribution in [3.63, 3.8) is 0 Å². The lowest BCUT2D eigenvalue weighted by molar-refractivity contribution is -0.0948. The highest BCUT2D eigenvalue weighted by atomic mass is 16.7. The molecule has 2 rings (SSSR count). The fourth-order valence-corrected chi connectivity index (χ4v) is 3.19. The van der Waals surface area contributed by atoms with Crippen molar-refractivity contribution < 1.29 is 28.5 Å². The molecular formula is C25H32O6. The molecule has 0 radical (unpaired) electrons. The first-order chi connectivity index (χ1) is 14.7. The first-order valence-corrected chi connectivity index (χ1v) is 10.5. The summed E-state index contributed by atoms with van der Waals surface area (Å²) in [4.78, 5) is 24.4. The van der Waals surface area contributed by atoms with Crippen molar-refractivity contribution in [3.8, 4) is 0 Å². The molecule has 0 fully saturated rings. The van der Waals surface area contributed by atoms with Gasteiger partial charge in [0.1, 0.15) is 0 Å². The van der Waals surface area contributed by atoms with E-state index in [0.29, 0.717) is 24.3 Å². The van der Waals surface area contributed by atoms with E-state index in [4.69, 9.17) is 18.9 Å². The van der Waals surface area contributed by atoms with Crippen LogP contribution in [0.3, 0.4) is 0 Å². The summed E-state index contributed by atoms with van der Waals surface area (Å²) in [6.45, 7) is 12.2. The second-order valence-corrected chi connectivity index (χ2v) is 7.64. The molecule has 2 atom stereocenters. The molecule has 0 aliphatic rings. The van der Waals surface area contributed by atoms with Gasteiger partial charge >= 0.3 is 11.9 Å². The van der Waals surface area contributed by atoms with E-state index in [9.17, 15) is 9.59 Å². The van der Waals surface area contributed by atoms with Crippen LogP contribution in [0.1, 0.15) is 73.4 Å². The van der Waals surface area contributed by atoms with Gasteiger partial charge in [0.15, 0.2) is 12.6 Å². The molecule has 31 heavy (non-hydrogen) atoms. The van der Waals surface area contributed by atoms with E-state index in [1.807, 2.05) is 38.1 Å². The molecule has 0 saturated heterocycles. The molecule has 0 spiro atoms. The van der Waals surface area contributed by atoms with E-state index < -0.39 is 24.5 Å². The monoisotopic (exact) mass is 428 g/mol. The highest BCUT2D eigenvalue weighted by Gasteiger charge is 2.24. The number of esters is 2. The first kappa shape index (κ1) is 24.6. The predicted molar refractivity (Wildman–Crippen MR) is 118 cm³/mol. The van der Waals surface area contributed by atoms with Crippen molar-refractivity contribution in [1.29, 1.82) is 0 Å². The smallest absolute Gasteiger partial charge is 0.340 e. The fraction of sp³-hybridized carbons (Fsp3) is 0.440. The summed E-state index contributed by atoms with van der Waals surface area (Å²) in [7, 11) is 0. The van der Waals surface area contributed by atoms with E-state index in [2.05, 4.69) is 13.8 Å². The zero-order chi connectivity index (χ0) is 23.0. The summed E-state index contributed by atoms with van der Waals surface area (Å²) >= 11 is 0. The van der Waals surface area contributed by atoms with E-state index in [-0.39, 0.29) is 5.41 Å². The quantitative estimate of drug-likeness (QED) is 0.388. The van der Waals surface area contributed by atoms with Gasteiger partial charge < -0.3 is 18.9 Å². The number of ether oxygens (including phenoxy) is 4. The number of carbonyl (C=O) groups excluding carboxylic acids is 2. The van der Waals surface area contributed by atoms with E-state index in [0.717, 1.165) is 11.1 Å². The molecular weight excluding hydrogens is 396 g/mol. The minimum atomic E-state index is -0.588. The van der Waals surface area contributed by atoms with Crippen LogP contribution in [0.5, 0.6) is 0 Å². The van der Waals surface area contributed by atoms with Crippen LogP contribution in [0.15, 0.2) is 48.5 Å². The Morgan fingerprint density at radius 3 is 1.32 bits per heavy atom. The summed E-state index contributed by atoms with van der Waals surface area (Å²) < 4.78 is 21.0. The molecule has 0 bridgehead atoms. The SMILES string of the molecule is CCOC(C)OC(=O)c1ccc(C(C)(C)c2ccc(C(=O)OC(C)OCC)cc2)cc1. The Labute approximate surface area is 184 Å². The van der Waals surface area contributed by atoms with Crippen molar-refractivity contribution in [2.45, 2.75) is 59.5 Å².